The summed E-state index contributed by atoms with van der Waals surface area (Å²) in [7, 11) is 1.50. The van der Waals surface area contributed by atoms with Crippen LogP contribution >= 0.6 is 22.9 Å². The molecule has 0 aliphatic carbocycles. The van der Waals surface area contributed by atoms with Crippen LogP contribution in [0, 0.1) is 0 Å². The van der Waals surface area contributed by atoms with Crippen molar-refractivity contribution >= 4 is 34.5 Å². The van der Waals surface area contributed by atoms with Crippen molar-refractivity contribution in [1.82, 2.24) is 10.2 Å². The Hall–Kier alpha value is -2.38. The van der Waals surface area contributed by atoms with E-state index >= 15 is 0 Å². The van der Waals surface area contributed by atoms with Crippen LogP contribution in [0.2, 0.25) is 5.02 Å². The van der Waals surface area contributed by atoms with Crippen LogP contribution in [0.15, 0.2) is 34.1 Å². The summed E-state index contributed by atoms with van der Waals surface area (Å²) in [6, 6.07) is 6.66. The van der Waals surface area contributed by atoms with E-state index in [0.29, 0.717) is 38.7 Å². The van der Waals surface area contributed by atoms with Crippen LogP contribution in [0.3, 0.4) is 0 Å². The molecule has 3 rings (SSSR count). The topological polar surface area (TPSA) is 77.2 Å². The molecule has 2 aromatic heterocycles. The normalized spacial score (nSPS) is 10.9. The maximum Gasteiger partial charge on any atom is 0.259 e. The first-order valence-electron chi connectivity index (χ1n) is 7.55. The SMILES string of the molecule is COc1ccc(Cl)cc1C(=O)Nc1ccsc1-c1nnc(C(C)C)o1. The van der Waals surface area contributed by atoms with Gasteiger partial charge in [0.15, 0.2) is 0 Å². The average molecular weight is 378 g/mol. The molecular weight excluding hydrogens is 362 g/mol. The molecule has 0 saturated heterocycles. The molecular formula is C17H16ClN3O3S. The Balaban J connectivity index is 1.88. The molecule has 0 atom stereocenters. The average Bonchev–Trinajstić information content (AvgIpc) is 3.23. The van der Waals surface area contributed by atoms with E-state index in [-0.39, 0.29) is 11.8 Å². The van der Waals surface area contributed by atoms with E-state index in [9.17, 15) is 4.79 Å². The highest BCUT2D eigenvalue weighted by atomic mass is 35.5. The first-order valence-corrected chi connectivity index (χ1v) is 8.81. The van der Waals surface area contributed by atoms with Crippen molar-refractivity contribution in [2.75, 3.05) is 12.4 Å². The van der Waals surface area contributed by atoms with Gasteiger partial charge in [-0.05, 0) is 29.6 Å². The summed E-state index contributed by atoms with van der Waals surface area (Å²) < 4.78 is 10.9. The molecule has 130 valence electrons. The second kappa shape index (κ2) is 7.25. The molecule has 25 heavy (non-hydrogen) atoms. The molecule has 1 amide bonds. The van der Waals surface area contributed by atoms with E-state index in [1.807, 2.05) is 19.2 Å². The third-order valence-electron chi connectivity index (χ3n) is 3.45. The number of amides is 1. The number of nitrogens with zero attached hydrogens (tertiary/aromatic N) is 2. The van der Waals surface area contributed by atoms with Crippen molar-refractivity contribution in [3.63, 3.8) is 0 Å². The molecule has 3 aromatic rings. The Morgan fingerprint density at radius 1 is 1.32 bits per heavy atom. The Kier molecular flexibility index (Phi) is 5.06. The first kappa shape index (κ1) is 17.4. The molecule has 0 aliphatic rings. The van der Waals surface area contributed by atoms with Gasteiger partial charge in [-0.1, -0.05) is 25.4 Å². The van der Waals surface area contributed by atoms with Gasteiger partial charge in [0, 0.05) is 10.9 Å². The lowest BCUT2D eigenvalue weighted by Gasteiger charge is -2.09. The Bertz CT molecular complexity index is 904. The molecule has 0 radical (unpaired) electrons. The predicted octanol–water partition coefficient (Wildman–Crippen LogP) is 4.84. The molecule has 0 aliphatic heterocycles. The van der Waals surface area contributed by atoms with Crippen molar-refractivity contribution in [2.45, 2.75) is 19.8 Å². The summed E-state index contributed by atoms with van der Waals surface area (Å²) in [5.74, 6) is 1.18. The number of hydrogen-bond donors (Lipinski definition) is 1. The van der Waals surface area contributed by atoms with Gasteiger partial charge in [0.25, 0.3) is 11.8 Å². The van der Waals surface area contributed by atoms with E-state index in [1.54, 1.807) is 24.3 Å². The summed E-state index contributed by atoms with van der Waals surface area (Å²) in [5, 5.41) is 13.2. The van der Waals surface area contributed by atoms with Crippen LogP contribution in [0.25, 0.3) is 10.8 Å². The Morgan fingerprint density at radius 3 is 2.80 bits per heavy atom. The zero-order valence-electron chi connectivity index (χ0n) is 13.9. The molecule has 2 heterocycles. The van der Waals surface area contributed by atoms with Crippen LogP contribution in [0.4, 0.5) is 5.69 Å². The highest BCUT2D eigenvalue weighted by Crippen LogP contribution is 2.34. The number of methoxy groups -OCH3 is 1. The summed E-state index contributed by atoms with van der Waals surface area (Å²) in [5.41, 5.74) is 0.941. The fourth-order valence-corrected chi connectivity index (χ4v) is 3.12. The lowest BCUT2D eigenvalue weighted by molar-refractivity contribution is 0.102. The number of nitrogens with one attached hydrogen (secondary N) is 1. The zero-order valence-corrected chi connectivity index (χ0v) is 15.4. The van der Waals surface area contributed by atoms with E-state index in [2.05, 4.69) is 15.5 Å². The van der Waals surface area contributed by atoms with E-state index < -0.39 is 0 Å². The van der Waals surface area contributed by atoms with Crippen molar-refractivity contribution < 1.29 is 13.9 Å². The molecule has 0 fully saturated rings. The second-order valence-electron chi connectivity index (χ2n) is 5.56. The molecule has 1 N–H and O–H groups in total. The number of ether oxygens (including phenoxy) is 1. The van der Waals surface area contributed by atoms with Crippen molar-refractivity contribution in [2.24, 2.45) is 0 Å². The third-order valence-corrected chi connectivity index (χ3v) is 4.59. The van der Waals surface area contributed by atoms with Gasteiger partial charge in [0.05, 0.1) is 18.4 Å². The number of carbonyl (C=O) groups excluding carboxylic acids is 1. The summed E-state index contributed by atoms with van der Waals surface area (Å²) in [6.45, 7) is 3.94. The number of thiophene rings is 1. The number of hydrogen-bond acceptors (Lipinski definition) is 6. The molecule has 1 aromatic carbocycles. The number of anilines is 1. The molecule has 0 bridgehead atoms. The smallest absolute Gasteiger partial charge is 0.259 e. The zero-order chi connectivity index (χ0) is 18.0. The van der Waals surface area contributed by atoms with Gasteiger partial charge in [-0.15, -0.1) is 21.5 Å². The maximum atomic E-state index is 12.6. The van der Waals surface area contributed by atoms with Crippen LogP contribution in [0.5, 0.6) is 5.75 Å². The van der Waals surface area contributed by atoms with Gasteiger partial charge >= 0.3 is 0 Å². The van der Waals surface area contributed by atoms with Gasteiger partial charge in [0.1, 0.15) is 10.6 Å². The molecule has 6 nitrogen and oxygen atoms in total. The minimum atomic E-state index is -0.331. The van der Waals surface area contributed by atoms with Gasteiger partial charge < -0.3 is 14.5 Å². The highest BCUT2D eigenvalue weighted by Gasteiger charge is 2.19. The van der Waals surface area contributed by atoms with E-state index in [0.717, 1.165) is 0 Å². The second-order valence-corrected chi connectivity index (χ2v) is 6.91. The number of aromatic nitrogens is 2. The molecule has 8 heteroatoms. The van der Waals surface area contributed by atoms with Crippen LogP contribution in [-0.2, 0) is 0 Å². The molecule has 0 saturated carbocycles. The minimum absolute atomic E-state index is 0.134. The lowest BCUT2D eigenvalue weighted by Crippen LogP contribution is -2.13. The van der Waals surface area contributed by atoms with Gasteiger partial charge in [-0.2, -0.15) is 0 Å². The predicted molar refractivity (Wildman–Crippen MR) is 97.7 cm³/mol. The largest absolute Gasteiger partial charge is 0.496 e. The maximum absolute atomic E-state index is 12.6. The number of carbonyl (C=O) groups is 1. The van der Waals surface area contributed by atoms with Gasteiger partial charge in [0.2, 0.25) is 5.89 Å². The van der Waals surface area contributed by atoms with Crippen LogP contribution < -0.4 is 10.1 Å². The van der Waals surface area contributed by atoms with Crippen LogP contribution in [0.1, 0.15) is 36.0 Å². The number of rotatable bonds is 5. The summed E-state index contributed by atoms with van der Waals surface area (Å²) in [6.07, 6.45) is 0. The standard InChI is InChI=1S/C17H16ClN3O3S/c1-9(2)16-20-21-17(24-16)14-12(6-7-25-14)19-15(22)11-8-10(18)4-5-13(11)23-3/h4-9H,1-3H3,(H,19,22). The Morgan fingerprint density at radius 2 is 2.12 bits per heavy atom. The fourth-order valence-electron chi connectivity index (χ4n) is 2.18. The van der Waals surface area contributed by atoms with Crippen molar-refractivity contribution in [3.8, 4) is 16.5 Å². The molecule has 0 unspecified atom stereocenters. The van der Waals surface area contributed by atoms with Crippen molar-refractivity contribution in [3.05, 3.63) is 46.1 Å². The number of benzene rings is 1. The quantitative estimate of drug-likeness (QED) is 0.688. The Labute approximate surface area is 153 Å². The van der Waals surface area contributed by atoms with E-state index in [4.69, 9.17) is 20.8 Å². The van der Waals surface area contributed by atoms with Gasteiger partial charge in [-0.25, -0.2) is 0 Å². The molecule has 0 spiro atoms. The monoisotopic (exact) mass is 377 g/mol. The minimum Gasteiger partial charge on any atom is -0.496 e. The van der Waals surface area contributed by atoms with Crippen molar-refractivity contribution in [1.29, 1.82) is 0 Å². The lowest BCUT2D eigenvalue weighted by atomic mass is 10.2. The number of halogens is 1. The summed E-state index contributed by atoms with van der Waals surface area (Å²) >= 11 is 7.40. The highest BCUT2D eigenvalue weighted by molar-refractivity contribution is 7.14. The van der Waals surface area contributed by atoms with Crippen LogP contribution in [-0.4, -0.2) is 23.2 Å². The summed E-state index contributed by atoms with van der Waals surface area (Å²) in [4.78, 5) is 13.3. The fraction of sp³-hybridized carbons (Fsp3) is 0.235. The first-order chi connectivity index (χ1) is 12.0. The van der Waals surface area contributed by atoms with E-state index in [1.165, 1.54) is 18.4 Å². The third kappa shape index (κ3) is 3.67. The van der Waals surface area contributed by atoms with Gasteiger partial charge in [-0.3, -0.25) is 4.79 Å².